The van der Waals surface area contributed by atoms with Crippen molar-refractivity contribution in [3.8, 4) is 6.07 Å². The molecular weight excluding hydrogens is 210 g/mol. The second-order valence-corrected chi connectivity index (χ2v) is 4.92. The summed E-state index contributed by atoms with van der Waals surface area (Å²) in [7, 11) is 0. The smallest absolute Gasteiger partial charge is 0.103 e. The molecule has 17 heavy (non-hydrogen) atoms. The fraction of sp³-hybridized carbons (Fsp3) is 0.533. The van der Waals surface area contributed by atoms with Crippen molar-refractivity contribution in [2.24, 2.45) is 5.92 Å². The van der Waals surface area contributed by atoms with Gasteiger partial charge in [-0.25, -0.2) is 0 Å². The summed E-state index contributed by atoms with van der Waals surface area (Å²) in [4.78, 5) is 0. The monoisotopic (exact) mass is 231 g/mol. The first-order chi connectivity index (χ1) is 7.93. The molecule has 1 aromatic carbocycles. The van der Waals surface area contributed by atoms with Crippen LogP contribution < -0.4 is 0 Å². The maximum atomic E-state index is 10.6. The van der Waals surface area contributed by atoms with E-state index in [1.165, 1.54) is 5.56 Å². The summed E-state index contributed by atoms with van der Waals surface area (Å²) >= 11 is 0. The number of aryl methyl sites for hydroxylation is 2. The lowest BCUT2D eigenvalue weighted by atomic mass is 9.80. The zero-order valence-corrected chi connectivity index (χ0v) is 11.1. The molecule has 0 saturated heterocycles. The Morgan fingerprint density at radius 3 is 2.47 bits per heavy atom. The minimum atomic E-state index is -1.07. The molecular formula is C15H21NO. The number of rotatable bonds is 4. The Morgan fingerprint density at radius 2 is 2.00 bits per heavy atom. The number of hydrogen-bond acceptors (Lipinski definition) is 2. The van der Waals surface area contributed by atoms with Gasteiger partial charge in [-0.3, -0.25) is 0 Å². The van der Waals surface area contributed by atoms with Crippen LogP contribution in [0.3, 0.4) is 0 Å². The van der Waals surface area contributed by atoms with Crippen molar-refractivity contribution in [2.45, 2.75) is 46.1 Å². The molecule has 0 aliphatic carbocycles. The van der Waals surface area contributed by atoms with E-state index in [0.717, 1.165) is 24.0 Å². The van der Waals surface area contributed by atoms with Crippen molar-refractivity contribution in [3.05, 3.63) is 34.9 Å². The molecule has 0 spiro atoms. The standard InChI is InChI=1S/C15H21NO/c1-5-6-14(10-16)15(4,17)13-8-7-11(2)12(3)9-13/h7-9,14,17H,5-6H2,1-4H3. The Hall–Kier alpha value is -1.33. The minimum absolute atomic E-state index is 0.352. The average Bonchev–Trinajstić information content (AvgIpc) is 2.29. The Balaban J connectivity index is 3.11. The molecule has 0 aromatic heterocycles. The summed E-state index contributed by atoms with van der Waals surface area (Å²) in [5.74, 6) is -0.352. The van der Waals surface area contributed by atoms with Crippen LogP contribution >= 0.6 is 0 Å². The third-order valence-electron chi connectivity index (χ3n) is 3.50. The second-order valence-electron chi connectivity index (χ2n) is 4.92. The van der Waals surface area contributed by atoms with Gasteiger partial charge in [-0.05, 0) is 43.9 Å². The van der Waals surface area contributed by atoms with Gasteiger partial charge in [0.25, 0.3) is 0 Å². The lowest BCUT2D eigenvalue weighted by Gasteiger charge is -2.29. The summed E-state index contributed by atoms with van der Waals surface area (Å²) in [5.41, 5.74) is 2.12. The highest BCUT2D eigenvalue weighted by atomic mass is 16.3. The van der Waals surface area contributed by atoms with Crippen LogP contribution in [0.15, 0.2) is 18.2 Å². The molecule has 0 fully saturated rings. The second kappa shape index (κ2) is 5.33. The minimum Gasteiger partial charge on any atom is -0.384 e. The van der Waals surface area contributed by atoms with Crippen LogP contribution in [0, 0.1) is 31.1 Å². The van der Waals surface area contributed by atoms with Gasteiger partial charge in [0.05, 0.1) is 12.0 Å². The highest BCUT2D eigenvalue weighted by Gasteiger charge is 2.33. The SMILES string of the molecule is CCCC(C#N)C(C)(O)c1ccc(C)c(C)c1. The molecule has 0 heterocycles. The Kier molecular flexibility index (Phi) is 4.31. The highest BCUT2D eigenvalue weighted by Crippen LogP contribution is 2.32. The summed E-state index contributed by atoms with van der Waals surface area (Å²) in [6.07, 6.45) is 1.62. The van der Waals surface area contributed by atoms with Gasteiger partial charge in [0, 0.05) is 0 Å². The number of nitrogens with zero attached hydrogens (tertiary/aromatic N) is 1. The fourth-order valence-corrected chi connectivity index (χ4v) is 2.02. The summed E-state index contributed by atoms with van der Waals surface area (Å²) in [5, 5.41) is 19.7. The molecule has 1 N–H and O–H groups in total. The van der Waals surface area contributed by atoms with E-state index in [1.54, 1.807) is 6.92 Å². The molecule has 1 aromatic rings. The van der Waals surface area contributed by atoms with Crippen LogP contribution in [0.2, 0.25) is 0 Å². The third-order valence-corrected chi connectivity index (χ3v) is 3.50. The molecule has 2 unspecified atom stereocenters. The Labute approximate surface area is 104 Å². The summed E-state index contributed by atoms with van der Waals surface area (Å²) in [6.45, 7) is 7.83. The maximum Gasteiger partial charge on any atom is 0.103 e. The zero-order chi connectivity index (χ0) is 13.1. The van der Waals surface area contributed by atoms with E-state index in [2.05, 4.69) is 6.07 Å². The molecule has 2 heteroatoms. The van der Waals surface area contributed by atoms with Gasteiger partial charge in [0.15, 0.2) is 0 Å². The molecule has 0 saturated carbocycles. The Morgan fingerprint density at radius 1 is 1.35 bits per heavy atom. The number of aliphatic hydroxyl groups is 1. The molecule has 0 aliphatic heterocycles. The van der Waals surface area contributed by atoms with E-state index in [9.17, 15) is 5.11 Å². The number of nitriles is 1. The van der Waals surface area contributed by atoms with Crippen LogP contribution in [-0.4, -0.2) is 5.11 Å². The lowest BCUT2D eigenvalue weighted by Crippen LogP contribution is -2.31. The number of hydrogen-bond donors (Lipinski definition) is 1. The van der Waals surface area contributed by atoms with Crippen molar-refractivity contribution in [1.82, 2.24) is 0 Å². The van der Waals surface area contributed by atoms with E-state index in [4.69, 9.17) is 5.26 Å². The topological polar surface area (TPSA) is 44.0 Å². The van der Waals surface area contributed by atoms with Gasteiger partial charge in [-0.15, -0.1) is 0 Å². The van der Waals surface area contributed by atoms with E-state index >= 15 is 0 Å². The third kappa shape index (κ3) is 2.87. The van der Waals surface area contributed by atoms with Crippen LogP contribution in [0.1, 0.15) is 43.4 Å². The fourth-order valence-electron chi connectivity index (χ4n) is 2.02. The quantitative estimate of drug-likeness (QED) is 0.862. The Bertz CT molecular complexity index is 429. The van der Waals surface area contributed by atoms with Gasteiger partial charge in [-0.1, -0.05) is 31.5 Å². The van der Waals surface area contributed by atoms with Crippen molar-refractivity contribution in [1.29, 1.82) is 5.26 Å². The normalized spacial score (nSPS) is 16.0. The van der Waals surface area contributed by atoms with E-state index in [0.29, 0.717) is 0 Å². The van der Waals surface area contributed by atoms with E-state index in [-0.39, 0.29) is 5.92 Å². The maximum absolute atomic E-state index is 10.6. The first-order valence-electron chi connectivity index (χ1n) is 6.13. The van der Waals surface area contributed by atoms with Crippen molar-refractivity contribution in [2.75, 3.05) is 0 Å². The first-order valence-corrected chi connectivity index (χ1v) is 6.13. The molecule has 0 radical (unpaired) electrons. The molecule has 0 amide bonds. The average molecular weight is 231 g/mol. The molecule has 0 aliphatic rings. The first kappa shape index (κ1) is 13.7. The zero-order valence-electron chi connectivity index (χ0n) is 11.1. The van der Waals surface area contributed by atoms with Crippen LogP contribution in [0.4, 0.5) is 0 Å². The highest BCUT2D eigenvalue weighted by molar-refractivity contribution is 5.34. The van der Waals surface area contributed by atoms with Gasteiger partial charge < -0.3 is 5.11 Å². The van der Waals surface area contributed by atoms with E-state index < -0.39 is 5.60 Å². The van der Waals surface area contributed by atoms with Gasteiger partial charge in [0.1, 0.15) is 5.60 Å². The largest absolute Gasteiger partial charge is 0.384 e. The predicted molar refractivity (Wildman–Crippen MR) is 69.5 cm³/mol. The van der Waals surface area contributed by atoms with Crippen LogP contribution in [-0.2, 0) is 5.60 Å². The van der Waals surface area contributed by atoms with Crippen LogP contribution in [0.25, 0.3) is 0 Å². The molecule has 1 rings (SSSR count). The predicted octanol–water partition coefficient (Wildman–Crippen LogP) is 3.45. The van der Waals surface area contributed by atoms with Crippen LogP contribution in [0.5, 0.6) is 0 Å². The summed E-state index contributed by atoms with van der Waals surface area (Å²) in [6, 6.07) is 8.13. The van der Waals surface area contributed by atoms with Gasteiger partial charge >= 0.3 is 0 Å². The van der Waals surface area contributed by atoms with Crippen molar-refractivity contribution < 1.29 is 5.11 Å². The van der Waals surface area contributed by atoms with Gasteiger partial charge in [-0.2, -0.15) is 5.26 Å². The summed E-state index contributed by atoms with van der Waals surface area (Å²) < 4.78 is 0. The molecule has 2 atom stereocenters. The van der Waals surface area contributed by atoms with Crippen molar-refractivity contribution >= 4 is 0 Å². The van der Waals surface area contributed by atoms with Gasteiger partial charge in [0.2, 0.25) is 0 Å². The number of benzene rings is 1. The molecule has 0 bridgehead atoms. The van der Waals surface area contributed by atoms with Crippen molar-refractivity contribution in [3.63, 3.8) is 0 Å². The molecule has 92 valence electrons. The molecule has 2 nitrogen and oxygen atoms in total. The lowest BCUT2D eigenvalue weighted by molar-refractivity contribution is 0.0130. The van der Waals surface area contributed by atoms with E-state index in [1.807, 2.05) is 39.0 Å².